The topological polar surface area (TPSA) is 29.9 Å². The quantitative estimate of drug-likeness (QED) is 0.921. The summed E-state index contributed by atoms with van der Waals surface area (Å²) in [6.45, 7) is 2.09. The average molecular weight is 262 g/mol. The molecule has 1 aliphatic heterocycles. The molecule has 1 N–H and O–H groups in total. The van der Waals surface area contributed by atoms with E-state index in [9.17, 15) is 0 Å². The molecule has 3 rings (SSSR count). The normalized spacial score (nSPS) is 19.3. The van der Waals surface area contributed by atoms with E-state index in [4.69, 9.17) is 11.6 Å². The third-order valence-electron chi connectivity index (χ3n) is 3.35. The van der Waals surface area contributed by atoms with Gasteiger partial charge in [-0.15, -0.1) is 0 Å². The fraction of sp³-hybridized carbons (Fsp3) is 0.357. The van der Waals surface area contributed by atoms with Crippen LogP contribution >= 0.6 is 11.6 Å². The molecule has 94 valence electrons. The van der Waals surface area contributed by atoms with Gasteiger partial charge in [-0.25, -0.2) is 0 Å². The summed E-state index contributed by atoms with van der Waals surface area (Å²) in [6.07, 6.45) is 4.57. The number of hydrogen-bond acceptors (Lipinski definition) is 2. The minimum atomic E-state index is 0.572. The lowest BCUT2D eigenvalue weighted by Gasteiger charge is -2.09. The highest BCUT2D eigenvalue weighted by Crippen LogP contribution is 2.19. The highest BCUT2D eigenvalue weighted by atomic mass is 35.5. The summed E-state index contributed by atoms with van der Waals surface area (Å²) >= 11 is 5.88. The molecule has 2 aromatic rings. The fourth-order valence-corrected chi connectivity index (χ4v) is 2.50. The van der Waals surface area contributed by atoms with E-state index in [1.54, 1.807) is 0 Å². The lowest BCUT2D eigenvalue weighted by molar-refractivity contribution is 0.477. The number of aromatic nitrogens is 2. The van der Waals surface area contributed by atoms with Gasteiger partial charge in [0.25, 0.3) is 0 Å². The van der Waals surface area contributed by atoms with Crippen LogP contribution in [-0.4, -0.2) is 22.4 Å². The van der Waals surface area contributed by atoms with E-state index in [1.807, 2.05) is 35.1 Å². The van der Waals surface area contributed by atoms with Crippen molar-refractivity contribution in [1.29, 1.82) is 0 Å². The number of rotatable bonds is 3. The highest BCUT2D eigenvalue weighted by molar-refractivity contribution is 6.30. The van der Waals surface area contributed by atoms with Crippen molar-refractivity contribution < 1.29 is 0 Å². The van der Waals surface area contributed by atoms with Gasteiger partial charge in [-0.05, 0) is 37.6 Å². The van der Waals surface area contributed by atoms with Crippen molar-refractivity contribution in [2.45, 2.75) is 25.4 Å². The Hall–Kier alpha value is -1.32. The van der Waals surface area contributed by atoms with Crippen LogP contribution in [0, 0.1) is 0 Å². The van der Waals surface area contributed by atoms with Crippen molar-refractivity contribution in [2.24, 2.45) is 0 Å². The first-order valence-electron chi connectivity index (χ1n) is 6.34. The van der Waals surface area contributed by atoms with Crippen molar-refractivity contribution in [3.8, 4) is 11.3 Å². The van der Waals surface area contributed by atoms with Crippen molar-refractivity contribution in [2.75, 3.05) is 6.54 Å². The first kappa shape index (κ1) is 11.8. The van der Waals surface area contributed by atoms with Crippen LogP contribution in [0.4, 0.5) is 0 Å². The summed E-state index contributed by atoms with van der Waals surface area (Å²) < 4.78 is 2.02. The van der Waals surface area contributed by atoms with Crippen LogP contribution < -0.4 is 5.32 Å². The Labute approximate surface area is 112 Å². The zero-order valence-electron chi connectivity index (χ0n) is 10.1. The smallest absolute Gasteiger partial charge is 0.0923 e. The first-order chi connectivity index (χ1) is 8.81. The third kappa shape index (κ3) is 2.57. The lowest BCUT2D eigenvalue weighted by Crippen LogP contribution is -2.26. The second-order valence-electron chi connectivity index (χ2n) is 4.72. The zero-order chi connectivity index (χ0) is 12.4. The molecule has 2 heterocycles. The average Bonchev–Trinajstić information content (AvgIpc) is 3.02. The minimum absolute atomic E-state index is 0.572. The molecule has 1 fully saturated rings. The molecule has 0 spiro atoms. The van der Waals surface area contributed by atoms with Gasteiger partial charge in [-0.1, -0.05) is 23.7 Å². The maximum Gasteiger partial charge on any atom is 0.0923 e. The van der Waals surface area contributed by atoms with Crippen LogP contribution in [0.1, 0.15) is 12.8 Å². The molecule has 18 heavy (non-hydrogen) atoms. The van der Waals surface area contributed by atoms with Crippen molar-refractivity contribution >= 4 is 11.6 Å². The highest BCUT2D eigenvalue weighted by Gasteiger charge is 2.14. The molecule has 4 heteroatoms. The Morgan fingerprint density at radius 2 is 2.11 bits per heavy atom. The largest absolute Gasteiger partial charge is 0.312 e. The molecule has 1 aliphatic rings. The van der Waals surface area contributed by atoms with Gasteiger partial charge in [0.15, 0.2) is 0 Å². The van der Waals surface area contributed by atoms with Crippen molar-refractivity contribution in [3.63, 3.8) is 0 Å². The van der Waals surface area contributed by atoms with Gasteiger partial charge >= 0.3 is 0 Å². The Kier molecular flexibility index (Phi) is 3.35. The second-order valence-corrected chi connectivity index (χ2v) is 5.16. The summed E-state index contributed by atoms with van der Waals surface area (Å²) in [7, 11) is 0. The predicted octanol–water partition coefficient (Wildman–Crippen LogP) is 2.96. The summed E-state index contributed by atoms with van der Waals surface area (Å²) in [5.74, 6) is 0. The van der Waals surface area contributed by atoms with Crippen LogP contribution in [-0.2, 0) is 6.54 Å². The summed E-state index contributed by atoms with van der Waals surface area (Å²) in [4.78, 5) is 0. The fourth-order valence-electron chi connectivity index (χ4n) is 2.38. The van der Waals surface area contributed by atoms with E-state index in [-0.39, 0.29) is 0 Å². The van der Waals surface area contributed by atoms with Gasteiger partial charge in [0, 0.05) is 22.8 Å². The standard InChI is InChI=1S/C14H16ClN3/c15-12-5-3-11(4-6-12)14-7-9-18(17-14)10-13-2-1-8-16-13/h3-7,9,13,16H,1-2,8,10H2/t13-/m0/s1. The molecule has 0 aliphatic carbocycles. The van der Waals surface area contributed by atoms with Crippen LogP contribution in [0.15, 0.2) is 36.5 Å². The van der Waals surface area contributed by atoms with E-state index in [1.165, 1.54) is 12.8 Å². The third-order valence-corrected chi connectivity index (χ3v) is 3.60. The summed E-state index contributed by atoms with van der Waals surface area (Å²) in [6, 6.07) is 10.4. The van der Waals surface area contributed by atoms with Gasteiger partial charge in [0.2, 0.25) is 0 Å². The van der Waals surface area contributed by atoms with Crippen LogP contribution in [0.2, 0.25) is 5.02 Å². The van der Waals surface area contributed by atoms with Crippen molar-refractivity contribution in [1.82, 2.24) is 15.1 Å². The molecule has 0 saturated carbocycles. The van der Waals surface area contributed by atoms with Gasteiger partial charge in [0.1, 0.15) is 0 Å². The maximum absolute atomic E-state index is 5.88. The van der Waals surface area contributed by atoms with Gasteiger partial charge < -0.3 is 5.32 Å². The molecular formula is C14H16ClN3. The number of nitrogens with zero attached hydrogens (tertiary/aromatic N) is 2. The van der Waals surface area contributed by atoms with E-state index in [2.05, 4.69) is 16.5 Å². The predicted molar refractivity (Wildman–Crippen MR) is 73.7 cm³/mol. The number of hydrogen-bond donors (Lipinski definition) is 1. The summed E-state index contributed by atoms with van der Waals surface area (Å²) in [5, 5.41) is 8.85. The molecule has 0 radical (unpaired) electrons. The number of benzene rings is 1. The Bertz CT molecular complexity index is 512. The number of halogens is 1. The van der Waals surface area contributed by atoms with Crippen LogP contribution in [0.3, 0.4) is 0 Å². The molecule has 0 amide bonds. The minimum Gasteiger partial charge on any atom is -0.312 e. The molecular weight excluding hydrogens is 246 g/mol. The molecule has 0 unspecified atom stereocenters. The Balaban J connectivity index is 1.74. The Morgan fingerprint density at radius 3 is 2.83 bits per heavy atom. The number of nitrogens with one attached hydrogen (secondary N) is 1. The monoisotopic (exact) mass is 261 g/mol. The van der Waals surface area contributed by atoms with Gasteiger partial charge in [0.05, 0.1) is 12.2 Å². The molecule has 1 aromatic carbocycles. The molecule has 0 bridgehead atoms. The molecule has 1 atom stereocenters. The van der Waals surface area contributed by atoms with E-state index in [0.29, 0.717) is 6.04 Å². The van der Waals surface area contributed by atoms with Crippen LogP contribution in [0.25, 0.3) is 11.3 Å². The van der Waals surface area contributed by atoms with Crippen LogP contribution in [0.5, 0.6) is 0 Å². The van der Waals surface area contributed by atoms with E-state index >= 15 is 0 Å². The van der Waals surface area contributed by atoms with Gasteiger partial charge in [-0.2, -0.15) is 5.10 Å². The SMILES string of the molecule is Clc1ccc(-c2ccn(C[C@@H]3CCCN3)n2)cc1. The van der Waals surface area contributed by atoms with Gasteiger partial charge in [-0.3, -0.25) is 4.68 Å². The first-order valence-corrected chi connectivity index (χ1v) is 6.72. The summed E-state index contributed by atoms with van der Waals surface area (Å²) in [5.41, 5.74) is 2.11. The van der Waals surface area contributed by atoms with E-state index in [0.717, 1.165) is 29.4 Å². The second kappa shape index (κ2) is 5.12. The lowest BCUT2D eigenvalue weighted by atomic mass is 10.2. The van der Waals surface area contributed by atoms with E-state index < -0.39 is 0 Å². The Morgan fingerprint density at radius 1 is 1.28 bits per heavy atom. The zero-order valence-corrected chi connectivity index (χ0v) is 10.9. The maximum atomic E-state index is 5.88. The molecule has 1 aromatic heterocycles. The molecule has 1 saturated heterocycles. The van der Waals surface area contributed by atoms with Crippen molar-refractivity contribution in [3.05, 3.63) is 41.6 Å². The molecule has 3 nitrogen and oxygen atoms in total.